The van der Waals surface area contributed by atoms with Crippen molar-refractivity contribution in [2.45, 2.75) is 26.7 Å². The molecule has 0 radical (unpaired) electrons. The van der Waals surface area contributed by atoms with Gasteiger partial charge in [0.1, 0.15) is 17.4 Å². The van der Waals surface area contributed by atoms with Gasteiger partial charge < -0.3 is 10.2 Å². The number of nitrogens with two attached hydrogens (primary N) is 1. The summed E-state index contributed by atoms with van der Waals surface area (Å²) >= 11 is 5.88. The molecule has 3 N–H and O–H groups in total. The zero-order valence-electron chi connectivity index (χ0n) is 11.4. The van der Waals surface area contributed by atoms with Gasteiger partial charge in [-0.3, -0.25) is 4.98 Å². The highest BCUT2D eigenvalue weighted by Gasteiger charge is 2.12. The number of ether oxygens (including phenoxy) is 1. The van der Waals surface area contributed by atoms with E-state index in [0.717, 1.165) is 18.4 Å². The fourth-order valence-corrected chi connectivity index (χ4v) is 1.84. The Kier molecular flexibility index (Phi) is 4.70. The van der Waals surface area contributed by atoms with Crippen LogP contribution in [0.4, 0.5) is 5.82 Å². The number of rotatable bonds is 5. The number of hydrogen-bond acceptors (Lipinski definition) is 6. The number of nitrogen functional groups attached to an aromatic ring is 1. The molecule has 2 aromatic rings. The predicted molar refractivity (Wildman–Crippen MR) is 77.9 cm³/mol. The van der Waals surface area contributed by atoms with Crippen molar-refractivity contribution >= 4 is 17.4 Å². The maximum atomic E-state index is 5.88. The number of halogens is 1. The van der Waals surface area contributed by atoms with E-state index in [1.807, 2.05) is 6.92 Å². The predicted octanol–water partition coefficient (Wildman–Crippen LogP) is 2.86. The van der Waals surface area contributed by atoms with Gasteiger partial charge in [0.15, 0.2) is 0 Å². The minimum absolute atomic E-state index is 0.445. The van der Waals surface area contributed by atoms with Gasteiger partial charge in [-0.05, 0) is 13.3 Å². The molecule has 0 aliphatic carbocycles. The zero-order valence-corrected chi connectivity index (χ0v) is 12.1. The van der Waals surface area contributed by atoms with Crippen LogP contribution in [0.25, 0.3) is 0 Å². The molecule has 0 saturated carbocycles. The number of pyridine rings is 1. The van der Waals surface area contributed by atoms with E-state index in [2.05, 4.69) is 27.3 Å². The molecule has 0 unspecified atom stereocenters. The van der Waals surface area contributed by atoms with Gasteiger partial charge >= 0.3 is 0 Å². The second-order valence-corrected chi connectivity index (χ2v) is 4.69. The molecule has 0 aliphatic heterocycles. The topological polar surface area (TPSA) is 86.0 Å². The Morgan fingerprint density at radius 3 is 2.80 bits per heavy atom. The van der Waals surface area contributed by atoms with Crippen LogP contribution in [0.3, 0.4) is 0 Å². The maximum Gasteiger partial charge on any atom is 0.227 e. The summed E-state index contributed by atoms with van der Waals surface area (Å²) in [7, 11) is 0. The molecule has 2 aromatic heterocycles. The Labute approximate surface area is 122 Å². The summed E-state index contributed by atoms with van der Waals surface area (Å²) in [6.07, 6.45) is 4.80. The van der Waals surface area contributed by atoms with Crippen LogP contribution in [0.5, 0.6) is 11.6 Å². The summed E-state index contributed by atoms with van der Waals surface area (Å²) < 4.78 is 5.73. The van der Waals surface area contributed by atoms with Gasteiger partial charge in [0.2, 0.25) is 5.88 Å². The average molecular weight is 294 g/mol. The van der Waals surface area contributed by atoms with Crippen LogP contribution >= 0.6 is 11.6 Å². The molecule has 6 nitrogen and oxygen atoms in total. The lowest BCUT2D eigenvalue weighted by Crippen LogP contribution is -2.13. The molecule has 2 heterocycles. The largest absolute Gasteiger partial charge is 0.437 e. The molecule has 0 atom stereocenters. The summed E-state index contributed by atoms with van der Waals surface area (Å²) in [5.74, 6) is 7.66. The van der Waals surface area contributed by atoms with Gasteiger partial charge in [-0.15, -0.1) is 0 Å². The van der Waals surface area contributed by atoms with Crippen molar-refractivity contribution in [1.82, 2.24) is 15.0 Å². The van der Waals surface area contributed by atoms with Gasteiger partial charge in [0.05, 0.1) is 16.8 Å². The fraction of sp³-hybridized carbons (Fsp3) is 0.308. The van der Waals surface area contributed by atoms with Gasteiger partial charge in [-0.1, -0.05) is 18.5 Å². The normalized spacial score (nSPS) is 10.4. The van der Waals surface area contributed by atoms with E-state index < -0.39 is 0 Å². The van der Waals surface area contributed by atoms with Gasteiger partial charge in [0, 0.05) is 18.7 Å². The number of hydrogen-bond donors (Lipinski definition) is 2. The SMILES string of the molecule is CCCc1nc(NN)c(C)c(Oc2cncc(Cl)c2)n1. The molecule has 106 valence electrons. The summed E-state index contributed by atoms with van der Waals surface area (Å²) in [4.78, 5) is 12.7. The standard InChI is InChI=1S/C13H16ClN5O/c1-3-4-11-17-12(19-15)8(2)13(18-11)20-10-5-9(14)6-16-7-10/h5-7H,3-4,15H2,1-2H3,(H,17,18,19). The fourth-order valence-electron chi connectivity index (χ4n) is 1.68. The Bertz CT molecular complexity index is 605. The van der Waals surface area contributed by atoms with Crippen molar-refractivity contribution in [1.29, 1.82) is 0 Å². The molecule has 0 saturated heterocycles. The van der Waals surface area contributed by atoms with Gasteiger partial charge in [0.25, 0.3) is 0 Å². The highest BCUT2D eigenvalue weighted by molar-refractivity contribution is 6.30. The minimum Gasteiger partial charge on any atom is -0.437 e. The first-order valence-corrected chi connectivity index (χ1v) is 6.64. The molecule has 0 spiro atoms. The van der Waals surface area contributed by atoms with Gasteiger partial charge in [-0.25, -0.2) is 10.8 Å². The number of nitrogens with zero attached hydrogens (tertiary/aromatic N) is 3. The van der Waals surface area contributed by atoms with Crippen molar-refractivity contribution in [2.75, 3.05) is 5.43 Å². The number of anilines is 1. The van der Waals surface area contributed by atoms with E-state index in [0.29, 0.717) is 28.3 Å². The third-order valence-electron chi connectivity index (χ3n) is 2.65. The zero-order chi connectivity index (χ0) is 14.5. The van der Waals surface area contributed by atoms with E-state index in [4.69, 9.17) is 22.2 Å². The van der Waals surface area contributed by atoms with Crippen molar-refractivity contribution < 1.29 is 4.74 Å². The van der Waals surface area contributed by atoms with Crippen LogP contribution in [0.1, 0.15) is 24.7 Å². The van der Waals surface area contributed by atoms with E-state index >= 15 is 0 Å². The Morgan fingerprint density at radius 2 is 2.15 bits per heavy atom. The molecular weight excluding hydrogens is 278 g/mol. The summed E-state index contributed by atoms with van der Waals surface area (Å²) in [6.45, 7) is 3.89. The molecule has 2 rings (SSSR count). The number of hydrazine groups is 1. The Hall–Kier alpha value is -1.92. The first-order chi connectivity index (χ1) is 9.63. The molecule has 20 heavy (non-hydrogen) atoms. The summed E-state index contributed by atoms with van der Waals surface area (Å²) in [6, 6.07) is 1.67. The minimum atomic E-state index is 0.445. The first kappa shape index (κ1) is 14.5. The molecule has 7 heteroatoms. The molecule has 0 aliphatic rings. The lowest BCUT2D eigenvalue weighted by molar-refractivity contribution is 0.452. The van der Waals surface area contributed by atoms with Crippen molar-refractivity contribution in [2.24, 2.45) is 5.84 Å². The van der Waals surface area contributed by atoms with Gasteiger partial charge in [-0.2, -0.15) is 4.98 Å². The lowest BCUT2D eigenvalue weighted by Gasteiger charge is -2.12. The summed E-state index contributed by atoms with van der Waals surface area (Å²) in [5.41, 5.74) is 3.29. The molecule has 0 aromatic carbocycles. The Balaban J connectivity index is 2.36. The first-order valence-electron chi connectivity index (χ1n) is 6.26. The second kappa shape index (κ2) is 6.49. The van der Waals surface area contributed by atoms with E-state index in [9.17, 15) is 0 Å². The monoisotopic (exact) mass is 293 g/mol. The maximum absolute atomic E-state index is 5.88. The van der Waals surface area contributed by atoms with Crippen LogP contribution in [-0.2, 0) is 6.42 Å². The van der Waals surface area contributed by atoms with Crippen molar-refractivity contribution in [3.8, 4) is 11.6 Å². The highest BCUT2D eigenvalue weighted by Crippen LogP contribution is 2.27. The van der Waals surface area contributed by atoms with E-state index in [1.54, 1.807) is 12.3 Å². The number of nitrogens with one attached hydrogen (secondary N) is 1. The van der Waals surface area contributed by atoms with Crippen LogP contribution in [0.15, 0.2) is 18.5 Å². The molecular formula is C13H16ClN5O. The highest BCUT2D eigenvalue weighted by atomic mass is 35.5. The lowest BCUT2D eigenvalue weighted by atomic mass is 10.3. The molecule has 0 fully saturated rings. The smallest absolute Gasteiger partial charge is 0.227 e. The van der Waals surface area contributed by atoms with Crippen molar-refractivity contribution in [3.05, 3.63) is 34.9 Å². The van der Waals surface area contributed by atoms with Crippen LogP contribution in [0, 0.1) is 6.92 Å². The molecule has 0 bridgehead atoms. The van der Waals surface area contributed by atoms with E-state index in [1.165, 1.54) is 6.20 Å². The quantitative estimate of drug-likeness (QED) is 0.651. The molecule has 0 amide bonds. The summed E-state index contributed by atoms with van der Waals surface area (Å²) in [5, 5.41) is 0.500. The average Bonchev–Trinajstić information content (AvgIpc) is 2.42. The van der Waals surface area contributed by atoms with Crippen LogP contribution < -0.4 is 16.0 Å². The van der Waals surface area contributed by atoms with Crippen LogP contribution in [-0.4, -0.2) is 15.0 Å². The van der Waals surface area contributed by atoms with Crippen LogP contribution in [0.2, 0.25) is 5.02 Å². The number of aromatic nitrogens is 3. The van der Waals surface area contributed by atoms with E-state index in [-0.39, 0.29) is 0 Å². The van der Waals surface area contributed by atoms with Crippen molar-refractivity contribution in [3.63, 3.8) is 0 Å². The third-order valence-corrected chi connectivity index (χ3v) is 2.86. The number of aryl methyl sites for hydroxylation is 1. The second-order valence-electron chi connectivity index (χ2n) is 4.25. The third kappa shape index (κ3) is 3.34. The Morgan fingerprint density at radius 1 is 1.35 bits per heavy atom.